The predicted octanol–water partition coefficient (Wildman–Crippen LogP) is 6.48. The quantitative estimate of drug-likeness (QED) is 0.518. The van der Waals surface area contributed by atoms with Crippen LogP contribution in [0, 0.1) is 23.7 Å². The fourth-order valence-electron chi connectivity index (χ4n) is 5.47. The standard InChI is InChI=1S/C24H35ClO3/c25-22-10-12-23(13-11-22)28-17-19-3-8-21(9-4-19)20-6-1-18(2-7-20)5-14-24-26-15-16-27-24/h10-13,18-21,24H,1-9,14-17H2/t18-,19?,20-,21?. The molecular formula is C24H35ClO3. The molecule has 3 aliphatic rings. The molecule has 4 heteroatoms. The summed E-state index contributed by atoms with van der Waals surface area (Å²) in [4.78, 5) is 0. The molecule has 3 fully saturated rings. The van der Waals surface area contributed by atoms with Crippen molar-refractivity contribution in [3.8, 4) is 5.75 Å². The van der Waals surface area contributed by atoms with E-state index in [2.05, 4.69) is 0 Å². The fraction of sp³-hybridized carbons (Fsp3) is 0.750. The molecule has 1 aromatic carbocycles. The maximum absolute atomic E-state index is 5.99. The third-order valence-corrected chi connectivity index (χ3v) is 7.50. The monoisotopic (exact) mass is 406 g/mol. The number of hydrogen-bond acceptors (Lipinski definition) is 3. The third kappa shape index (κ3) is 5.87. The average Bonchev–Trinajstić information content (AvgIpc) is 3.26. The van der Waals surface area contributed by atoms with Crippen LogP contribution in [0.25, 0.3) is 0 Å². The molecule has 2 saturated carbocycles. The van der Waals surface area contributed by atoms with Crippen LogP contribution in [0.2, 0.25) is 5.02 Å². The van der Waals surface area contributed by atoms with E-state index in [1.54, 1.807) is 0 Å². The van der Waals surface area contributed by atoms with Crippen molar-refractivity contribution >= 4 is 11.6 Å². The molecule has 0 atom stereocenters. The second-order valence-electron chi connectivity index (χ2n) is 9.08. The highest BCUT2D eigenvalue weighted by Gasteiger charge is 2.31. The van der Waals surface area contributed by atoms with Crippen LogP contribution >= 0.6 is 11.6 Å². The lowest BCUT2D eigenvalue weighted by atomic mass is 9.69. The molecule has 3 nitrogen and oxygen atoms in total. The first kappa shape index (κ1) is 20.5. The van der Waals surface area contributed by atoms with Crippen LogP contribution in [0.3, 0.4) is 0 Å². The zero-order valence-electron chi connectivity index (χ0n) is 17.0. The normalized spacial score (nSPS) is 31.8. The Morgan fingerprint density at radius 3 is 1.93 bits per heavy atom. The van der Waals surface area contributed by atoms with Crippen LogP contribution in [-0.4, -0.2) is 26.1 Å². The summed E-state index contributed by atoms with van der Waals surface area (Å²) in [6.07, 6.45) is 13.6. The molecule has 1 aromatic rings. The first-order valence-corrected chi connectivity index (χ1v) is 11.8. The molecule has 0 spiro atoms. The van der Waals surface area contributed by atoms with Crippen LogP contribution in [-0.2, 0) is 9.47 Å². The van der Waals surface area contributed by atoms with E-state index < -0.39 is 0 Å². The Labute approximate surface area is 175 Å². The van der Waals surface area contributed by atoms with Gasteiger partial charge in [-0.15, -0.1) is 0 Å². The molecule has 0 bridgehead atoms. The van der Waals surface area contributed by atoms with E-state index in [1.807, 2.05) is 24.3 Å². The van der Waals surface area contributed by atoms with Crippen molar-refractivity contribution in [2.75, 3.05) is 19.8 Å². The molecule has 0 N–H and O–H groups in total. The topological polar surface area (TPSA) is 27.7 Å². The van der Waals surface area contributed by atoms with Gasteiger partial charge in [-0.05, 0) is 99.3 Å². The van der Waals surface area contributed by atoms with Crippen molar-refractivity contribution in [2.24, 2.45) is 23.7 Å². The Balaban J connectivity index is 1.11. The fourth-order valence-corrected chi connectivity index (χ4v) is 5.59. The number of halogens is 1. The number of hydrogen-bond donors (Lipinski definition) is 0. The molecule has 1 heterocycles. The maximum atomic E-state index is 5.99. The summed E-state index contributed by atoms with van der Waals surface area (Å²) >= 11 is 5.94. The van der Waals surface area contributed by atoms with Crippen LogP contribution < -0.4 is 4.74 Å². The summed E-state index contributed by atoms with van der Waals surface area (Å²) in [6.45, 7) is 2.42. The van der Waals surface area contributed by atoms with Crippen molar-refractivity contribution < 1.29 is 14.2 Å². The summed E-state index contributed by atoms with van der Waals surface area (Å²) in [5.74, 6) is 4.48. The zero-order chi connectivity index (χ0) is 19.2. The lowest BCUT2D eigenvalue weighted by Gasteiger charge is -2.38. The minimum Gasteiger partial charge on any atom is -0.493 e. The van der Waals surface area contributed by atoms with Crippen molar-refractivity contribution in [1.82, 2.24) is 0 Å². The van der Waals surface area contributed by atoms with Crippen LogP contribution in [0.1, 0.15) is 64.2 Å². The summed E-state index contributed by atoms with van der Waals surface area (Å²) in [6, 6.07) is 7.74. The van der Waals surface area contributed by atoms with Gasteiger partial charge in [0.25, 0.3) is 0 Å². The first-order valence-electron chi connectivity index (χ1n) is 11.4. The van der Waals surface area contributed by atoms with E-state index in [1.165, 1.54) is 57.8 Å². The van der Waals surface area contributed by atoms with Gasteiger partial charge in [0.15, 0.2) is 6.29 Å². The summed E-state index contributed by atoms with van der Waals surface area (Å²) in [5.41, 5.74) is 0. The first-order chi connectivity index (χ1) is 13.8. The van der Waals surface area contributed by atoms with Gasteiger partial charge in [0.05, 0.1) is 19.8 Å². The second-order valence-corrected chi connectivity index (χ2v) is 9.51. The number of rotatable bonds is 7. The molecule has 2 aliphatic carbocycles. The second kappa shape index (κ2) is 10.3. The van der Waals surface area contributed by atoms with Crippen LogP contribution in [0.15, 0.2) is 24.3 Å². The number of ether oxygens (including phenoxy) is 3. The van der Waals surface area contributed by atoms with Gasteiger partial charge in [0.1, 0.15) is 5.75 Å². The Bertz CT molecular complexity index is 568. The van der Waals surface area contributed by atoms with Gasteiger partial charge in [-0.3, -0.25) is 0 Å². The largest absolute Gasteiger partial charge is 0.493 e. The van der Waals surface area contributed by atoms with Gasteiger partial charge >= 0.3 is 0 Å². The van der Waals surface area contributed by atoms with E-state index >= 15 is 0 Å². The molecule has 0 aromatic heterocycles. The molecule has 1 saturated heterocycles. The van der Waals surface area contributed by atoms with Gasteiger partial charge in [0.2, 0.25) is 0 Å². The minimum absolute atomic E-state index is 0.0862. The predicted molar refractivity (Wildman–Crippen MR) is 113 cm³/mol. The Kier molecular flexibility index (Phi) is 7.55. The highest BCUT2D eigenvalue weighted by Crippen LogP contribution is 2.42. The Morgan fingerprint density at radius 1 is 0.750 bits per heavy atom. The summed E-state index contributed by atoms with van der Waals surface area (Å²) < 4.78 is 17.2. The average molecular weight is 407 g/mol. The highest BCUT2D eigenvalue weighted by atomic mass is 35.5. The maximum Gasteiger partial charge on any atom is 0.157 e. The van der Waals surface area contributed by atoms with Gasteiger partial charge in [-0.25, -0.2) is 0 Å². The molecule has 28 heavy (non-hydrogen) atoms. The summed E-state index contributed by atoms with van der Waals surface area (Å²) in [5, 5.41) is 0.766. The molecule has 1 aliphatic heterocycles. The van der Waals surface area contributed by atoms with Crippen LogP contribution in [0.4, 0.5) is 0 Å². The van der Waals surface area contributed by atoms with Gasteiger partial charge in [-0.1, -0.05) is 24.4 Å². The van der Waals surface area contributed by atoms with Gasteiger partial charge in [-0.2, -0.15) is 0 Å². The van der Waals surface area contributed by atoms with E-state index in [4.69, 9.17) is 25.8 Å². The highest BCUT2D eigenvalue weighted by molar-refractivity contribution is 6.30. The third-order valence-electron chi connectivity index (χ3n) is 7.25. The molecule has 0 radical (unpaired) electrons. The van der Waals surface area contributed by atoms with Gasteiger partial charge in [0, 0.05) is 5.02 Å². The lowest BCUT2D eigenvalue weighted by Crippen LogP contribution is -2.27. The molecule has 4 rings (SSSR count). The molecule has 156 valence electrons. The lowest BCUT2D eigenvalue weighted by molar-refractivity contribution is -0.0514. The summed E-state index contributed by atoms with van der Waals surface area (Å²) in [7, 11) is 0. The van der Waals surface area contributed by atoms with Crippen molar-refractivity contribution in [1.29, 1.82) is 0 Å². The van der Waals surface area contributed by atoms with E-state index in [0.717, 1.165) is 60.7 Å². The SMILES string of the molecule is Clc1ccc(OCC2CCC([C@H]3CC[C@H](CCC4OCCO4)CC3)CC2)cc1. The zero-order valence-corrected chi connectivity index (χ0v) is 17.7. The van der Waals surface area contributed by atoms with E-state index in [9.17, 15) is 0 Å². The minimum atomic E-state index is 0.0862. The van der Waals surface area contributed by atoms with Crippen molar-refractivity contribution in [2.45, 2.75) is 70.5 Å². The van der Waals surface area contributed by atoms with Crippen molar-refractivity contribution in [3.63, 3.8) is 0 Å². The van der Waals surface area contributed by atoms with E-state index in [-0.39, 0.29) is 6.29 Å². The van der Waals surface area contributed by atoms with Crippen LogP contribution in [0.5, 0.6) is 5.75 Å². The molecule has 0 amide bonds. The Hall–Kier alpha value is -0.770. The Morgan fingerprint density at radius 2 is 1.32 bits per heavy atom. The molecule has 0 unspecified atom stereocenters. The van der Waals surface area contributed by atoms with E-state index in [0.29, 0.717) is 0 Å². The van der Waals surface area contributed by atoms with Gasteiger partial charge < -0.3 is 14.2 Å². The smallest absolute Gasteiger partial charge is 0.157 e. The molecular weight excluding hydrogens is 372 g/mol. The van der Waals surface area contributed by atoms with Crippen molar-refractivity contribution in [3.05, 3.63) is 29.3 Å². The number of benzene rings is 1.